The van der Waals surface area contributed by atoms with Gasteiger partial charge in [0.2, 0.25) is 5.75 Å². The predicted molar refractivity (Wildman–Crippen MR) is 109 cm³/mol. The van der Waals surface area contributed by atoms with Crippen LogP contribution in [0, 0.1) is 0 Å². The first kappa shape index (κ1) is 21.9. The molecule has 0 amide bonds. The van der Waals surface area contributed by atoms with Crippen LogP contribution >= 0.6 is 12.2 Å². The molecule has 0 radical (unpaired) electrons. The topological polar surface area (TPSA) is 93.7 Å². The fourth-order valence-electron chi connectivity index (χ4n) is 2.58. The van der Waals surface area contributed by atoms with Gasteiger partial charge in [-0.05, 0) is 24.4 Å². The minimum Gasteiger partial charge on any atom is -0.493 e. The molecule has 2 N–H and O–H groups in total. The summed E-state index contributed by atoms with van der Waals surface area (Å²) in [4.78, 5) is 13.6. The zero-order chi connectivity index (χ0) is 20.4. The van der Waals surface area contributed by atoms with E-state index in [9.17, 15) is 4.79 Å². The van der Waals surface area contributed by atoms with Gasteiger partial charge in [0.05, 0.1) is 33.6 Å². The summed E-state index contributed by atoms with van der Waals surface area (Å²) < 4.78 is 21.0. The SMILES string of the molecule is COc1cc(/C=N/NC(=S)NCCN2CCOCC2)cc(OC)c1OC(C)=O. The molecule has 154 valence electrons. The number of hydrazone groups is 1. The molecule has 10 heteroatoms. The van der Waals surface area contributed by atoms with Gasteiger partial charge in [0, 0.05) is 38.7 Å². The van der Waals surface area contributed by atoms with Crippen LogP contribution < -0.4 is 25.0 Å². The molecular formula is C18H26N4O5S. The summed E-state index contributed by atoms with van der Waals surface area (Å²) in [5.41, 5.74) is 3.46. The third-order valence-electron chi connectivity index (χ3n) is 3.93. The Labute approximate surface area is 170 Å². The van der Waals surface area contributed by atoms with Gasteiger partial charge in [-0.3, -0.25) is 15.1 Å². The van der Waals surface area contributed by atoms with Gasteiger partial charge in [0.15, 0.2) is 16.6 Å². The van der Waals surface area contributed by atoms with Crippen LogP contribution in [0.15, 0.2) is 17.2 Å². The Morgan fingerprint density at radius 2 is 1.93 bits per heavy atom. The summed E-state index contributed by atoms with van der Waals surface area (Å²) in [7, 11) is 2.96. The van der Waals surface area contributed by atoms with Crippen LogP contribution in [0.5, 0.6) is 17.2 Å². The van der Waals surface area contributed by atoms with E-state index in [0.717, 1.165) is 39.4 Å². The van der Waals surface area contributed by atoms with Crippen molar-refractivity contribution in [3.63, 3.8) is 0 Å². The number of ether oxygens (including phenoxy) is 4. The maximum atomic E-state index is 11.3. The third kappa shape index (κ3) is 6.95. The summed E-state index contributed by atoms with van der Waals surface area (Å²) >= 11 is 5.22. The zero-order valence-electron chi connectivity index (χ0n) is 16.3. The Balaban J connectivity index is 1.88. The van der Waals surface area contributed by atoms with E-state index in [1.54, 1.807) is 18.3 Å². The van der Waals surface area contributed by atoms with Crippen molar-refractivity contribution in [2.75, 3.05) is 53.6 Å². The van der Waals surface area contributed by atoms with Crippen molar-refractivity contribution in [3.8, 4) is 17.2 Å². The molecule has 1 aliphatic rings. The van der Waals surface area contributed by atoms with E-state index >= 15 is 0 Å². The molecule has 0 atom stereocenters. The van der Waals surface area contributed by atoms with E-state index < -0.39 is 5.97 Å². The summed E-state index contributed by atoms with van der Waals surface area (Å²) in [5.74, 6) is 0.487. The molecule has 2 rings (SSSR count). The minimum absolute atomic E-state index is 0.225. The highest BCUT2D eigenvalue weighted by atomic mass is 32.1. The molecule has 0 bridgehead atoms. The summed E-state index contributed by atoms with van der Waals surface area (Å²) in [6.45, 7) is 6.35. The van der Waals surface area contributed by atoms with E-state index in [0.29, 0.717) is 22.2 Å². The van der Waals surface area contributed by atoms with Crippen molar-refractivity contribution in [3.05, 3.63) is 17.7 Å². The second-order valence-corrected chi connectivity index (χ2v) is 6.34. The molecule has 1 heterocycles. The maximum absolute atomic E-state index is 11.3. The van der Waals surface area contributed by atoms with Crippen molar-refractivity contribution in [1.29, 1.82) is 0 Å². The molecule has 1 aromatic carbocycles. The number of methoxy groups -OCH3 is 2. The van der Waals surface area contributed by atoms with E-state index in [1.165, 1.54) is 21.1 Å². The van der Waals surface area contributed by atoms with Gasteiger partial charge in [-0.2, -0.15) is 5.10 Å². The monoisotopic (exact) mass is 410 g/mol. The maximum Gasteiger partial charge on any atom is 0.308 e. The van der Waals surface area contributed by atoms with E-state index in [2.05, 4.69) is 20.7 Å². The Bertz CT molecular complexity index is 682. The van der Waals surface area contributed by atoms with E-state index in [1.807, 2.05) is 0 Å². The van der Waals surface area contributed by atoms with E-state index in [4.69, 9.17) is 31.2 Å². The Morgan fingerprint density at radius 3 is 2.50 bits per heavy atom. The number of carbonyl (C=O) groups excluding carboxylic acids is 1. The number of hydrogen-bond acceptors (Lipinski definition) is 8. The van der Waals surface area contributed by atoms with Crippen molar-refractivity contribution in [2.24, 2.45) is 5.10 Å². The molecular weight excluding hydrogens is 384 g/mol. The van der Waals surface area contributed by atoms with Crippen LogP contribution in [-0.4, -0.2) is 75.8 Å². The standard InChI is InChI=1S/C18H26N4O5S/c1-13(23)27-17-15(24-2)10-14(11-16(17)25-3)12-20-21-18(28)19-4-5-22-6-8-26-9-7-22/h10-12H,4-9H2,1-3H3,(H2,19,21,28)/b20-12+. The van der Waals surface area contributed by atoms with Gasteiger partial charge in [0.1, 0.15) is 0 Å². The smallest absolute Gasteiger partial charge is 0.308 e. The van der Waals surface area contributed by atoms with Crippen LogP contribution in [0.4, 0.5) is 0 Å². The fraction of sp³-hybridized carbons (Fsp3) is 0.500. The average Bonchev–Trinajstić information content (AvgIpc) is 2.69. The summed E-state index contributed by atoms with van der Waals surface area (Å²) in [6, 6.07) is 3.36. The molecule has 28 heavy (non-hydrogen) atoms. The minimum atomic E-state index is -0.465. The van der Waals surface area contributed by atoms with Crippen molar-refractivity contribution < 1.29 is 23.7 Å². The van der Waals surface area contributed by atoms with Crippen molar-refractivity contribution in [1.82, 2.24) is 15.6 Å². The first-order chi connectivity index (χ1) is 13.5. The summed E-state index contributed by atoms with van der Waals surface area (Å²) in [5, 5.41) is 7.66. The molecule has 0 aromatic heterocycles. The van der Waals surface area contributed by atoms with Gasteiger partial charge in [0.25, 0.3) is 0 Å². The Hall–Kier alpha value is -2.43. The fourth-order valence-corrected chi connectivity index (χ4v) is 2.73. The average molecular weight is 410 g/mol. The lowest BCUT2D eigenvalue weighted by Crippen LogP contribution is -2.42. The lowest BCUT2D eigenvalue weighted by molar-refractivity contribution is -0.132. The second kappa shape index (κ2) is 11.4. The van der Waals surface area contributed by atoms with Crippen LogP contribution in [0.25, 0.3) is 0 Å². The molecule has 0 saturated carbocycles. The first-order valence-electron chi connectivity index (χ1n) is 8.85. The molecule has 1 aliphatic heterocycles. The predicted octanol–water partition coefficient (Wildman–Crippen LogP) is 0.759. The largest absolute Gasteiger partial charge is 0.493 e. The Kier molecular flexibility index (Phi) is 8.92. The lowest BCUT2D eigenvalue weighted by atomic mass is 10.2. The molecule has 9 nitrogen and oxygen atoms in total. The van der Waals surface area contributed by atoms with Gasteiger partial charge in [-0.1, -0.05) is 0 Å². The number of esters is 1. The molecule has 1 fully saturated rings. The number of morpholine rings is 1. The number of carbonyl (C=O) groups is 1. The van der Waals surface area contributed by atoms with Crippen molar-refractivity contribution >= 4 is 29.5 Å². The van der Waals surface area contributed by atoms with Gasteiger partial charge < -0.3 is 24.3 Å². The molecule has 1 saturated heterocycles. The number of nitrogens with one attached hydrogen (secondary N) is 2. The Morgan fingerprint density at radius 1 is 1.29 bits per heavy atom. The van der Waals surface area contributed by atoms with E-state index in [-0.39, 0.29) is 5.75 Å². The second-order valence-electron chi connectivity index (χ2n) is 5.93. The number of nitrogens with zero attached hydrogens (tertiary/aromatic N) is 2. The molecule has 1 aromatic rings. The number of benzene rings is 1. The number of rotatable bonds is 8. The van der Waals surface area contributed by atoms with Crippen molar-refractivity contribution in [2.45, 2.75) is 6.92 Å². The summed E-state index contributed by atoms with van der Waals surface area (Å²) in [6.07, 6.45) is 1.57. The van der Waals surface area contributed by atoms with Gasteiger partial charge in [-0.25, -0.2) is 0 Å². The van der Waals surface area contributed by atoms with Gasteiger partial charge in [-0.15, -0.1) is 0 Å². The van der Waals surface area contributed by atoms with Gasteiger partial charge >= 0.3 is 5.97 Å². The van der Waals surface area contributed by atoms with Crippen LogP contribution in [0.1, 0.15) is 12.5 Å². The highest BCUT2D eigenvalue weighted by molar-refractivity contribution is 7.80. The molecule has 0 aliphatic carbocycles. The zero-order valence-corrected chi connectivity index (χ0v) is 17.1. The number of hydrogen-bond donors (Lipinski definition) is 2. The number of thiocarbonyl (C=S) groups is 1. The molecule has 0 unspecified atom stereocenters. The van der Waals surface area contributed by atoms with Crippen LogP contribution in [0.2, 0.25) is 0 Å². The lowest BCUT2D eigenvalue weighted by Gasteiger charge is -2.26. The van der Waals surface area contributed by atoms with Crippen LogP contribution in [0.3, 0.4) is 0 Å². The third-order valence-corrected chi connectivity index (χ3v) is 4.16. The normalized spacial score (nSPS) is 14.5. The molecule has 0 spiro atoms. The highest BCUT2D eigenvalue weighted by Crippen LogP contribution is 2.38. The van der Waals surface area contributed by atoms with Crippen LogP contribution in [-0.2, 0) is 9.53 Å². The quantitative estimate of drug-likeness (QED) is 0.212. The first-order valence-corrected chi connectivity index (χ1v) is 9.25. The highest BCUT2D eigenvalue weighted by Gasteiger charge is 2.15.